The van der Waals surface area contributed by atoms with E-state index in [-0.39, 0.29) is 6.54 Å². The fraction of sp³-hybridized carbons (Fsp3) is 0.812. The predicted octanol–water partition coefficient (Wildman–Crippen LogP) is 1.73. The molecule has 0 aromatic carbocycles. The lowest BCUT2D eigenvalue weighted by Crippen LogP contribution is -2.54. The maximum absolute atomic E-state index is 10.8. The minimum absolute atomic E-state index is 0.186. The molecule has 3 atom stereocenters. The van der Waals surface area contributed by atoms with Crippen LogP contribution in [-0.4, -0.2) is 47.7 Å². The zero-order chi connectivity index (χ0) is 14.1. The van der Waals surface area contributed by atoms with Gasteiger partial charge in [-0.15, -0.1) is 0 Å². The van der Waals surface area contributed by atoms with E-state index >= 15 is 0 Å². The van der Waals surface area contributed by atoms with Gasteiger partial charge in [-0.25, -0.2) is 0 Å². The number of allylic oxidation sites excluding steroid dienone is 2. The fourth-order valence-electron chi connectivity index (χ4n) is 4.17. The van der Waals surface area contributed by atoms with Gasteiger partial charge >= 0.3 is 5.97 Å². The topological polar surface area (TPSA) is 52.6 Å². The van der Waals surface area contributed by atoms with Crippen molar-refractivity contribution in [2.75, 3.05) is 19.6 Å². The van der Waals surface area contributed by atoms with E-state index in [9.17, 15) is 4.79 Å². The second-order valence-electron chi connectivity index (χ2n) is 6.73. The summed E-state index contributed by atoms with van der Waals surface area (Å²) in [5.74, 6) is 1.80. The van der Waals surface area contributed by atoms with Gasteiger partial charge in [-0.1, -0.05) is 19.1 Å². The summed E-state index contributed by atoms with van der Waals surface area (Å²) in [6.07, 6.45) is 9.77. The number of rotatable bonds is 7. The molecule has 112 valence electrons. The number of carboxylic acid groups (broad SMARTS) is 1. The van der Waals surface area contributed by atoms with Gasteiger partial charge < -0.3 is 10.4 Å². The van der Waals surface area contributed by atoms with E-state index in [4.69, 9.17) is 5.11 Å². The van der Waals surface area contributed by atoms with E-state index in [2.05, 4.69) is 22.4 Å². The molecule has 4 heteroatoms. The van der Waals surface area contributed by atoms with Crippen LogP contribution >= 0.6 is 0 Å². The van der Waals surface area contributed by atoms with Gasteiger partial charge in [-0.2, -0.15) is 0 Å². The molecule has 2 N–H and O–H groups in total. The van der Waals surface area contributed by atoms with Crippen molar-refractivity contribution >= 4 is 5.97 Å². The third-order valence-electron chi connectivity index (χ3n) is 5.46. The van der Waals surface area contributed by atoms with Crippen molar-refractivity contribution in [3.05, 3.63) is 12.2 Å². The average molecular weight is 278 g/mol. The number of nitrogens with zero attached hydrogens (tertiary/aromatic N) is 1. The number of hydrogen-bond acceptors (Lipinski definition) is 3. The normalized spacial score (nSPS) is 38.4. The predicted molar refractivity (Wildman–Crippen MR) is 78.5 cm³/mol. The Morgan fingerprint density at radius 1 is 1.30 bits per heavy atom. The number of likely N-dealkylation sites (N-methyl/N-ethyl adjacent to an activating group) is 1. The third-order valence-corrected chi connectivity index (χ3v) is 5.46. The van der Waals surface area contributed by atoms with Gasteiger partial charge in [-0.3, -0.25) is 9.69 Å². The zero-order valence-corrected chi connectivity index (χ0v) is 12.3. The maximum Gasteiger partial charge on any atom is 0.317 e. The highest BCUT2D eigenvalue weighted by molar-refractivity contribution is 5.69. The van der Waals surface area contributed by atoms with Crippen LogP contribution in [-0.2, 0) is 4.79 Å². The molecule has 0 aromatic rings. The van der Waals surface area contributed by atoms with Crippen LogP contribution in [0.4, 0.5) is 0 Å². The lowest BCUT2D eigenvalue weighted by molar-refractivity contribution is -0.139. The Morgan fingerprint density at radius 2 is 2.10 bits per heavy atom. The van der Waals surface area contributed by atoms with Crippen LogP contribution in [0.15, 0.2) is 12.2 Å². The van der Waals surface area contributed by atoms with Crippen LogP contribution in [0.1, 0.15) is 32.6 Å². The molecule has 3 rings (SSSR count). The second kappa shape index (κ2) is 5.86. The molecule has 0 amide bonds. The van der Waals surface area contributed by atoms with Crippen LogP contribution in [0.25, 0.3) is 0 Å². The van der Waals surface area contributed by atoms with Crippen molar-refractivity contribution in [1.82, 2.24) is 10.2 Å². The monoisotopic (exact) mass is 278 g/mol. The van der Waals surface area contributed by atoms with Gasteiger partial charge in [0.15, 0.2) is 0 Å². The van der Waals surface area contributed by atoms with Gasteiger partial charge in [0.05, 0.1) is 6.54 Å². The Morgan fingerprint density at radius 3 is 2.65 bits per heavy atom. The van der Waals surface area contributed by atoms with Crippen molar-refractivity contribution < 1.29 is 9.90 Å². The van der Waals surface area contributed by atoms with E-state index in [0.717, 1.165) is 43.7 Å². The minimum atomic E-state index is -0.711. The average Bonchev–Trinajstić information content (AvgIpc) is 2.97. The first-order valence-electron chi connectivity index (χ1n) is 8.03. The summed E-state index contributed by atoms with van der Waals surface area (Å²) >= 11 is 0. The molecule has 2 saturated carbocycles. The summed E-state index contributed by atoms with van der Waals surface area (Å²) in [5, 5.41) is 12.6. The van der Waals surface area contributed by atoms with Crippen molar-refractivity contribution in [2.24, 2.45) is 17.8 Å². The molecule has 4 nitrogen and oxygen atoms in total. The molecule has 20 heavy (non-hydrogen) atoms. The van der Waals surface area contributed by atoms with Gasteiger partial charge in [0.2, 0.25) is 0 Å². The molecule has 3 aliphatic carbocycles. The van der Waals surface area contributed by atoms with E-state index in [1.807, 2.05) is 6.92 Å². The van der Waals surface area contributed by atoms with Crippen molar-refractivity contribution in [2.45, 2.75) is 44.7 Å². The minimum Gasteiger partial charge on any atom is -0.480 e. The molecule has 0 aliphatic heterocycles. The summed E-state index contributed by atoms with van der Waals surface area (Å²) in [4.78, 5) is 12.9. The van der Waals surface area contributed by atoms with Gasteiger partial charge in [0.25, 0.3) is 0 Å². The van der Waals surface area contributed by atoms with Gasteiger partial charge in [0, 0.05) is 12.1 Å². The highest BCUT2D eigenvalue weighted by Gasteiger charge is 2.37. The van der Waals surface area contributed by atoms with E-state index in [0.29, 0.717) is 12.1 Å². The number of carbonyl (C=O) groups is 1. The molecule has 0 radical (unpaired) electrons. The van der Waals surface area contributed by atoms with Crippen LogP contribution in [0, 0.1) is 17.8 Å². The number of nitrogens with one attached hydrogen (secondary N) is 1. The highest BCUT2D eigenvalue weighted by atomic mass is 16.4. The fourth-order valence-corrected chi connectivity index (χ4v) is 4.17. The number of fused-ring (bicyclic) bond motifs is 2. The molecule has 2 bridgehead atoms. The Hall–Kier alpha value is -0.870. The molecule has 0 heterocycles. The first-order valence-corrected chi connectivity index (χ1v) is 8.03. The summed E-state index contributed by atoms with van der Waals surface area (Å²) < 4.78 is 0. The second-order valence-corrected chi connectivity index (χ2v) is 6.73. The SMILES string of the molecule is CCN(CC(=O)O)C1CC(NCC2CC3C=CC2C3)C1. The van der Waals surface area contributed by atoms with Crippen molar-refractivity contribution in [3.63, 3.8) is 0 Å². The number of aliphatic carboxylic acids is 1. The summed E-state index contributed by atoms with van der Waals surface area (Å²) in [7, 11) is 0. The molecule has 2 fully saturated rings. The molecule has 0 aromatic heterocycles. The first kappa shape index (κ1) is 14.1. The largest absolute Gasteiger partial charge is 0.480 e. The Balaban J connectivity index is 1.36. The van der Waals surface area contributed by atoms with Gasteiger partial charge in [0.1, 0.15) is 0 Å². The quantitative estimate of drug-likeness (QED) is 0.696. The standard InChI is InChI=1S/C16H26N2O2/c1-2-18(10-16(19)20)15-7-14(8-15)17-9-13-6-11-3-4-12(13)5-11/h3-4,11-15,17H,2,5-10H2,1H3,(H,19,20). The van der Waals surface area contributed by atoms with Crippen LogP contribution in [0.5, 0.6) is 0 Å². The van der Waals surface area contributed by atoms with Crippen LogP contribution in [0.2, 0.25) is 0 Å². The molecule has 3 aliphatic rings. The Kier molecular flexibility index (Phi) is 4.13. The van der Waals surface area contributed by atoms with Crippen LogP contribution < -0.4 is 5.32 Å². The summed E-state index contributed by atoms with van der Waals surface area (Å²) in [5.41, 5.74) is 0. The van der Waals surface area contributed by atoms with Crippen molar-refractivity contribution in [1.29, 1.82) is 0 Å². The number of hydrogen-bond donors (Lipinski definition) is 2. The molecule has 0 spiro atoms. The molecule has 0 saturated heterocycles. The summed E-state index contributed by atoms with van der Waals surface area (Å²) in [6, 6.07) is 1.07. The Labute approximate surface area is 121 Å². The number of carboxylic acids is 1. The first-order chi connectivity index (χ1) is 9.65. The van der Waals surface area contributed by atoms with E-state index in [1.54, 1.807) is 0 Å². The van der Waals surface area contributed by atoms with Crippen molar-refractivity contribution in [3.8, 4) is 0 Å². The molecular weight excluding hydrogens is 252 g/mol. The smallest absolute Gasteiger partial charge is 0.317 e. The van der Waals surface area contributed by atoms with Crippen LogP contribution in [0.3, 0.4) is 0 Å². The third kappa shape index (κ3) is 2.91. The van der Waals surface area contributed by atoms with E-state index < -0.39 is 5.97 Å². The highest BCUT2D eigenvalue weighted by Crippen LogP contribution is 2.43. The molecule has 3 unspecified atom stereocenters. The molecular formula is C16H26N2O2. The van der Waals surface area contributed by atoms with Gasteiger partial charge in [-0.05, 0) is 56.5 Å². The lowest BCUT2D eigenvalue weighted by atomic mass is 9.84. The summed E-state index contributed by atoms with van der Waals surface area (Å²) in [6.45, 7) is 4.21. The lowest BCUT2D eigenvalue weighted by Gasteiger charge is -2.43. The zero-order valence-electron chi connectivity index (χ0n) is 12.3. The maximum atomic E-state index is 10.8. The Bertz CT molecular complexity index is 390. The van der Waals surface area contributed by atoms with E-state index in [1.165, 1.54) is 12.8 Å².